The number of benzene rings is 2. The Morgan fingerprint density at radius 2 is 1.72 bits per heavy atom. The number of nitrogens with zero attached hydrogens (tertiary/aromatic N) is 1. The van der Waals surface area contributed by atoms with Gasteiger partial charge in [0.1, 0.15) is 6.04 Å². The van der Waals surface area contributed by atoms with Gasteiger partial charge in [0.2, 0.25) is 11.8 Å². The van der Waals surface area contributed by atoms with E-state index in [9.17, 15) is 9.59 Å². The van der Waals surface area contributed by atoms with E-state index in [0.29, 0.717) is 24.8 Å². The summed E-state index contributed by atoms with van der Waals surface area (Å²) in [5.41, 5.74) is 2.18. The minimum atomic E-state index is -0.530. The van der Waals surface area contributed by atoms with Gasteiger partial charge in [-0.05, 0) is 36.1 Å². The Kier molecular flexibility index (Phi) is 9.74. The number of carbonyl (C=O) groups is 2. The molecule has 0 heterocycles. The minimum Gasteiger partial charge on any atom is -0.354 e. The summed E-state index contributed by atoms with van der Waals surface area (Å²) in [5, 5.41) is 2.95. The van der Waals surface area contributed by atoms with Crippen LogP contribution in [0.4, 0.5) is 0 Å². The molecule has 2 aromatic rings. The van der Waals surface area contributed by atoms with Crippen molar-refractivity contribution < 1.29 is 9.59 Å². The van der Waals surface area contributed by atoms with Crippen LogP contribution in [0.2, 0.25) is 0 Å². The molecule has 156 valence electrons. The first-order valence-corrected chi connectivity index (χ1v) is 11.7. The van der Waals surface area contributed by atoms with Crippen molar-refractivity contribution in [2.75, 3.05) is 12.3 Å². The summed E-state index contributed by atoms with van der Waals surface area (Å²) in [6.07, 6.45) is 0. The van der Waals surface area contributed by atoms with Crippen LogP contribution in [0, 0.1) is 5.92 Å². The first-order valence-electron chi connectivity index (χ1n) is 9.80. The molecule has 2 amide bonds. The van der Waals surface area contributed by atoms with Gasteiger partial charge in [-0.2, -0.15) is 0 Å². The van der Waals surface area contributed by atoms with Gasteiger partial charge in [0.25, 0.3) is 0 Å². The zero-order chi connectivity index (χ0) is 21.2. The average molecular weight is 477 g/mol. The second-order valence-corrected chi connectivity index (χ2v) is 9.35. The van der Waals surface area contributed by atoms with E-state index in [-0.39, 0.29) is 11.8 Å². The van der Waals surface area contributed by atoms with Crippen molar-refractivity contribution >= 4 is 39.5 Å². The number of amides is 2. The Hall–Kier alpha value is -1.79. The highest BCUT2D eigenvalue weighted by atomic mass is 79.9. The Morgan fingerprint density at radius 1 is 1.03 bits per heavy atom. The van der Waals surface area contributed by atoms with Crippen molar-refractivity contribution in [3.05, 3.63) is 70.2 Å². The molecular weight excluding hydrogens is 448 g/mol. The Labute approximate surface area is 186 Å². The molecule has 0 aliphatic carbocycles. The fourth-order valence-electron chi connectivity index (χ4n) is 2.78. The maximum absolute atomic E-state index is 13.0. The topological polar surface area (TPSA) is 49.4 Å². The van der Waals surface area contributed by atoms with Gasteiger partial charge in [0.15, 0.2) is 0 Å². The lowest BCUT2D eigenvalue weighted by Crippen LogP contribution is -2.48. The maximum atomic E-state index is 13.0. The first kappa shape index (κ1) is 23.5. The molecule has 1 unspecified atom stereocenters. The summed E-state index contributed by atoms with van der Waals surface area (Å²) in [7, 11) is 0. The second kappa shape index (κ2) is 12.0. The maximum Gasteiger partial charge on any atom is 0.242 e. The molecule has 0 aliphatic rings. The van der Waals surface area contributed by atoms with Gasteiger partial charge < -0.3 is 10.2 Å². The number of nitrogens with one attached hydrogen (secondary N) is 1. The van der Waals surface area contributed by atoms with Gasteiger partial charge in [0, 0.05) is 23.3 Å². The molecule has 0 bridgehead atoms. The van der Waals surface area contributed by atoms with E-state index in [1.807, 2.05) is 42.5 Å². The number of hydrogen-bond acceptors (Lipinski definition) is 3. The molecule has 0 saturated heterocycles. The predicted molar refractivity (Wildman–Crippen MR) is 125 cm³/mol. The smallest absolute Gasteiger partial charge is 0.242 e. The van der Waals surface area contributed by atoms with Crippen LogP contribution in [0.15, 0.2) is 59.1 Å². The van der Waals surface area contributed by atoms with Crippen LogP contribution in [-0.2, 0) is 21.9 Å². The van der Waals surface area contributed by atoms with E-state index < -0.39 is 6.04 Å². The first-order chi connectivity index (χ1) is 13.9. The van der Waals surface area contributed by atoms with Crippen molar-refractivity contribution in [1.82, 2.24) is 10.2 Å². The highest BCUT2D eigenvalue weighted by molar-refractivity contribution is 9.10. The summed E-state index contributed by atoms with van der Waals surface area (Å²) in [4.78, 5) is 27.3. The molecule has 1 atom stereocenters. The van der Waals surface area contributed by atoms with E-state index >= 15 is 0 Å². The Bertz CT molecular complexity index is 798. The highest BCUT2D eigenvalue weighted by Crippen LogP contribution is 2.18. The van der Waals surface area contributed by atoms with Gasteiger partial charge in [-0.15, -0.1) is 11.8 Å². The van der Waals surface area contributed by atoms with E-state index in [1.54, 1.807) is 23.6 Å². The van der Waals surface area contributed by atoms with Crippen molar-refractivity contribution in [2.24, 2.45) is 5.92 Å². The zero-order valence-electron chi connectivity index (χ0n) is 17.2. The van der Waals surface area contributed by atoms with Crippen LogP contribution in [0.3, 0.4) is 0 Å². The van der Waals surface area contributed by atoms with E-state index in [0.717, 1.165) is 15.8 Å². The van der Waals surface area contributed by atoms with Crippen molar-refractivity contribution in [1.29, 1.82) is 0 Å². The van der Waals surface area contributed by atoms with Crippen molar-refractivity contribution in [3.63, 3.8) is 0 Å². The summed E-state index contributed by atoms with van der Waals surface area (Å²) in [6.45, 7) is 6.91. The fraction of sp³-hybridized carbons (Fsp3) is 0.391. The molecule has 0 fully saturated rings. The number of hydrogen-bond donors (Lipinski definition) is 1. The normalized spacial score (nSPS) is 11.9. The summed E-state index contributed by atoms with van der Waals surface area (Å²) >= 11 is 5.05. The standard InChI is InChI=1S/C23H29BrN2O2S/c1-17(2)13-25-23(28)18(3)26(14-20-10-7-11-21(24)12-20)22(27)16-29-15-19-8-5-4-6-9-19/h4-12,17-18H,13-16H2,1-3H3,(H,25,28). The van der Waals surface area contributed by atoms with Gasteiger partial charge in [-0.25, -0.2) is 0 Å². The van der Waals surface area contributed by atoms with Crippen molar-refractivity contribution in [3.8, 4) is 0 Å². The molecule has 2 rings (SSSR count). The number of rotatable bonds is 10. The molecule has 6 heteroatoms. The molecule has 2 aromatic carbocycles. The van der Waals surface area contributed by atoms with Crippen LogP contribution in [-0.4, -0.2) is 35.1 Å². The van der Waals surface area contributed by atoms with E-state index in [2.05, 4.69) is 47.2 Å². The molecule has 29 heavy (non-hydrogen) atoms. The second-order valence-electron chi connectivity index (χ2n) is 7.44. The van der Waals surface area contributed by atoms with E-state index in [4.69, 9.17) is 0 Å². The Balaban J connectivity index is 2.05. The molecule has 1 N–H and O–H groups in total. The van der Waals surface area contributed by atoms with Gasteiger partial charge in [-0.3, -0.25) is 9.59 Å². The molecule has 0 spiro atoms. The van der Waals surface area contributed by atoms with Gasteiger partial charge in [0.05, 0.1) is 5.75 Å². The number of carbonyl (C=O) groups excluding carboxylic acids is 2. The average Bonchev–Trinajstić information content (AvgIpc) is 2.70. The molecule has 0 saturated carbocycles. The van der Waals surface area contributed by atoms with Crippen LogP contribution < -0.4 is 5.32 Å². The summed E-state index contributed by atoms with van der Waals surface area (Å²) in [5.74, 6) is 1.32. The molecule has 0 aliphatic heterocycles. The lowest BCUT2D eigenvalue weighted by molar-refractivity contribution is -0.138. The summed E-state index contributed by atoms with van der Waals surface area (Å²) < 4.78 is 0.956. The molecule has 4 nitrogen and oxygen atoms in total. The molecule has 0 aromatic heterocycles. The third-order valence-electron chi connectivity index (χ3n) is 4.43. The highest BCUT2D eigenvalue weighted by Gasteiger charge is 2.26. The third kappa shape index (κ3) is 8.23. The summed E-state index contributed by atoms with van der Waals surface area (Å²) in [6, 6.07) is 17.4. The number of halogens is 1. The van der Waals surface area contributed by atoms with Gasteiger partial charge in [-0.1, -0.05) is 72.2 Å². The van der Waals surface area contributed by atoms with Crippen LogP contribution in [0.1, 0.15) is 31.9 Å². The van der Waals surface area contributed by atoms with Gasteiger partial charge >= 0.3 is 0 Å². The van der Waals surface area contributed by atoms with E-state index in [1.165, 1.54) is 5.56 Å². The lowest BCUT2D eigenvalue weighted by Gasteiger charge is -2.29. The lowest BCUT2D eigenvalue weighted by atomic mass is 10.1. The minimum absolute atomic E-state index is 0.0295. The predicted octanol–water partition coefficient (Wildman–Crippen LogP) is 4.87. The van der Waals surface area contributed by atoms with Crippen LogP contribution in [0.25, 0.3) is 0 Å². The SMILES string of the molecule is CC(C)CNC(=O)C(C)N(Cc1cccc(Br)c1)C(=O)CSCc1ccccc1. The Morgan fingerprint density at radius 3 is 2.38 bits per heavy atom. The molecular formula is C23H29BrN2O2S. The number of thioether (sulfide) groups is 1. The monoisotopic (exact) mass is 476 g/mol. The fourth-order valence-corrected chi connectivity index (χ4v) is 4.10. The quantitative estimate of drug-likeness (QED) is 0.531. The third-order valence-corrected chi connectivity index (χ3v) is 5.91. The van der Waals surface area contributed by atoms with Crippen LogP contribution >= 0.6 is 27.7 Å². The molecule has 0 radical (unpaired) electrons. The zero-order valence-corrected chi connectivity index (χ0v) is 19.6. The van der Waals surface area contributed by atoms with Crippen molar-refractivity contribution in [2.45, 2.75) is 39.1 Å². The van der Waals surface area contributed by atoms with Crippen LogP contribution in [0.5, 0.6) is 0 Å². The largest absolute Gasteiger partial charge is 0.354 e.